The molecule has 96 valence electrons. The predicted octanol–water partition coefficient (Wildman–Crippen LogP) is 0.913. The number of alkyl halides is 2. The third kappa shape index (κ3) is 3.61. The van der Waals surface area contributed by atoms with Gasteiger partial charge in [-0.05, 0) is 18.6 Å². The molecular formula is C11H17F2N3O. The Morgan fingerprint density at radius 3 is 2.76 bits per heavy atom. The average molecular weight is 245 g/mol. The van der Waals surface area contributed by atoms with Crippen LogP contribution >= 0.6 is 0 Å². The van der Waals surface area contributed by atoms with Crippen LogP contribution < -0.4 is 10.6 Å². The lowest BCUT2D eigenvalue weighted by molar-refractivity contribution is 0.152. The van der Waals surface area contributed by atoms with Gasteiger partial charge in [0, 0.05) is 24.8 Å². The van der Waals surface area contributed by atoms with Crippen molar-refractivity contribution in [3.8, 4) is 0 Å². The number of hydrogen-bond acceptors (Lipinski definition) is 4. The van der Waals surface area contributed by atoms with E-state index in [2.05, 4.69) is 4.98 Å². The van der Waals surface area contributed by atoms with E-state index in [1.54, 1.807) is 12.3 Å². The maximum Gasteiger partial charge on any atom is 0.255 e. The molecule has 0 fully saturated rings. The van der Waals surface area contributed by atoms with Gasteiger partial charge < -0.3 is 15.7 Å². The van der Waals surface area contributed by atoms with E-state index in [0.717, 1.165) is 11.1 Å². The van der Waals surface area contributed by atoms with Crippen LogP contribution in [0.1, 0.15) is 11.1 Å². The summed E-state index contributed by atoms with van der Waals surface area (Å²) in [4.78, 5) is 5.44. The Morgan fingerprint density at radius 2 is 2.24 bits per heavy atom. The standard InChI is InChI=1S/C11H17F2N3O/c1-8-2-3-15-11(9(8)6-14)16(4-5-17)7-10(12)13/h2-3,10,17H,4-7,14H2,1H3. The Morgan fingerprint density at radius 1 is 1.53 bits per heavy atom. The fourth-order valence-electron chi connectivity index (χ4n) is 1.67. The van der Waals surface area contributed by atoms with Gasteiger partial charge in [0.1, 0.15) is 5.82 Å². The molecular weight excluding hydrogens is 228 g/mol. The first kappa shape index (κ1) is 13.8. The normalized spacial score (nSPS) is 10.9. The molecule has 0 bridgehead atoms. The highest BCUT2D eigenvalue weighted by atomic mass is 19.3. The van der Waals surface area contributed by atoms with Gasteiger partial charge in [0.25, 0.3) is 6.43 Å². The summed E-state index contributed by atoms with van der Waals surface area (Å²) >= 11 is 0. The van der Waals surface area contributed by atoms with Crippen molar-refractivity contribution in [1.29, 1.82) is 0 Å². The van der Waals surface area contributed by atoms with Crippen LogP contribution in [0.25, 0.3) is 0 Å². The van der Waals surface area contributed by atoms with E-state index in [-0.39, 0.29) is 19.7 Å². The summed E-state index contributed by atoms with van der Waals surface area (Å²) in [6.45, 7) is 1.55. The highest BCUT2D eigenvalue weighted by molar-refractivity contribution is 5.50. The Bertz CT molecular complexity index is 361. The first-order valence-corrected chi connectivity index (χ1v) is 5.38. The number of aliphatic hydroxyl groups is 1. The summed E-state index contributed by atoms with van der Waals surface area (Å²) < 4.78 is 24.9. The third-order valence-electron chi connectivity index (χ3n) is 2.50. The lowest BCUT2D eigenvalue weighted by Crippen LogP contribution is -2.33. The van der Waals surface area contributed by atoms with Gasteiger partial charge in [-0.25, -0.2) is 13.8 Å². The van der Waals surface area contributed by atoms with Crippen LogP contribution in [0.5, 0.6) is 0 Å². The molecule has 1 aromatic heterocycles. The minimum Gasteiger partial charge on any atom is -0.395 e. The second-order valence-corrected chi connectivity index (χ2v) is 3.69. The van der Waals surface area contributed by atoms with Crippen LogP contribution in [0.15, 0.2) is 12.3 Å². The van der Waals surface area contributed by atoms with E-state index >= 15 is 0 Å². The van der Waals surface area contributed by atoms with Crippen molar-refractivity contribution in [2.45, 2.75) is 19.9 Å². The Labute approximate surface area is 99.1 Å². The molecule has 0 radical (unpaired) electrons. The van der Waals surface area contributed by atoms with Gasteiger partial charge in [0.05, 0.1) is 13.2 Å². The molecule has 1 aromatic rings. The fraction of sp³-hybridized carbons (Fsp3) is 0.545. The number of aliphatic hydroxyl groups excluding tert-OH is 1. The molecule has 6 heteroatoms. The molecule has 0 aliphatic heterocycles. The Balaban J connectivity index is 3.04. The van der Waals surface area contributed by atoms with E-state index in [1.807, 2.05) is 6.92 Å². The van der Waals surface area contributed by atoms with Crippen molar-refractivity contribution in [2.75, 3.05) is 24.6 Å². The van der Waals surface area contributed by atoms with Gasteiger partial charge in [-0.3, -0.25) is 0 Å². The monoisotopic (exact) mass is 245 g/mol. The minimum absolute atomic E-state index is 0.119. The van der Waals surface area contributed by atoms with E-state index in [4.69, 9.17) is 10.8 Å². The van der Waals surface area contributed by atoms with Gasteiger partial charge >= 0.3 is 0 Å². The summed E-state index contributed by atoms with van der Waals surface area (Å²) in [6, 6.07) is 1.78. The van der Waals surface area contributed by atoms with Crippen molar-refractivity contribution in [3.05, 3.63) is 23.4 Å². The lowest BCUT2D eigenvalue weighted by atomic mass is 10.1. The number of pyridine rings is 1. The number of nitrogens with two attached hydrogens (primary N) is 1. The minimum atomic E-state index is -2.48. The third-order valence-corrected chi connectivity index (χ3v) is 2.50. The molecule has 0 saturated heterocycles. The van der Waals surface area contributed by atoms with Gasteiger partial charge in [0.2, 0.25) is 0 Å². The van der Waals surface area contributed by atoms with Crippen LogP contribution in [0, 0.1) is 6.92 Å². The summed E-state index contributed by atoms with van der Waals surface area (Å²) in [6.07, 6.45) is -0.922. The van der Waals surface area contributed by atoms with Crippen molar-refractivity contribution in [1.82, 2.24) is 4.98 Å². The molecule has 0 atom stereocenters. The van der Waals surface area contributed by atoms with Gasteiger partial charge in [0.15, 0.2) is 0 Å². The smallest absolute Gasteiger partial charge is 0.255 e. The number of halogens is 2. The number of rotatable bonds is 6. The molecule has 0 aliphatic rings. The zero-order valence-corrected chi connectivity index (χ0v) is 9.74. The molecule has 0 aliphatic carbocycles. The van der Waals surface area contributed by atoms with E-state index in [9.17, 15) is 8.78 Å². The van der Waals surface area contributed by atoms with Crippen LogP contribution in [0.3, 0.4) is 0 Å². The second-order valence-electron chi connectivity index (χ2n) is 3.69. The largest absolute Gasteiger partial charge is 0.395 e. The van der Waals surface area contributed by atoms with Gasteiger partial charge in [-0.15, -0.1) is 0 Å². The molecule has 0 spiro atoms. The first-order valence-electron chi connectivity index (χ1n) is 5.38. The molecule has 4 nitrogen and oxygen atoms in total. The van der Waals surface area contributed by atoms with E-state index in [1.165, 1.54) is 4.90 Å². The van der Waals surface area contributed by atoms with Crippen molar-refractivity contribution in [2.24, 2.45) is 5.73 Å². The molecule has 0 aromatic carbocycles. The molecule has 3 N–H and O–H groups in total. The average Bonchev–Trinajstić information content (AvgIpc) is 2.27. The number of aryl methyl sites for hydroxylation is 1. The number of nitrogens with zero attached hydrogens (tertiary/aromatic N) is 2. The van der Waals surface area contributed by atoms with Crippen molar-refractivity contribution in [3.63, 3.8) is 0 Å². The molecule has 1 rings (SSSR count). The fourth-order valence-corrected chi connectivity index (χ4v) is 1.67. The maximum atomic E-state index is 12.4. The Kier molecular flexibility index (Phi) is 5.24. The van der Waals surface area contributed by atoms with Gasteiger partial charge in [-0.2, -0.15) is 0 Å². The summed E-state index contributed by atoms with van der Waals surface area (Å²) in [5.41, 5.74) is 7.25. The molecule has 0 unspecified atom stereocenters. The highest BCUT2D eigenvalue weighted by Gasteiger charge is 2.17. The van der Waals surface area contributed by atoms with Crippen LogP contribution in [-0.2, 0) is 6.54 Å². The SMILES string of the molecule is Cc1ccnc(N(CCO)CC(F)F)c1CN. The summed E-state index contributed by atoms with van der Waals surface area (Å²) in [5.74, 6) is 0.432. The molecule has 0 saturated carbocycles. The van der Waals surface area contributed by atoms with Crippen LogP contribution in [0.2, 0.25) is 0 Å². The summed E-state index contributed by atoms with van der Waals surface area (Å²) in [7, 11) is 0. The van der Waals surface area contributed by atoms with Gasteiger partial charge in [-0.1, -0.05) is 0 Å². The zero-order valence-electron chi connectivity index (χ0n) is 9.74. The topological polar surface area (TPSA) is 62.4 Å². The number of aromatic nitrogens is 1. The number of hydrogen-bond donors (Lipinski definition) is 2. The zero-order chi connectivity index (χ0) is 12.8. The molecule has 1 heterocycles. The van der Waals surface area contributed by atoms with Crippen molar-refractivity contribution >= 4 is 5.82 Å². The highest BCUT2D eigenvalue weighted by Crippen LogP contribution is 2.21. The van der Waals surface area contributed by atoms with E-state index in [0.29, 0.717) is 5.82 Å². The predicted molar refractivity (Wildman–Crippen MR) is 62.2 cm³/mol. The summed E-state index contributed by atoms with van der Waals surface area (Å²) in [5, 5.41) is 8.90. The Hall–Kier alpha value is -1.27. The number of anilines is 1. The van der Waals surface area contributed by atoms with Crippen molar-refractivity contribution < 1.29 is 13.9 Å². The second kappa shape index (κ2) is 6.46. The molecule has 0 amide bonds. The lowest BCUT2D eigenvalue weighted by Gasteiger charge is -2.25. The van der Waals surface area contributed by atoms with E-state index < -0.39 is 13.0 Å². The quantitative estimate of drug-likeness (QED) is 0.782. The van der Waals surface area contributed by atoms with Crippen LogP contribution in [0.4, 0.5) is 14.6 Å². The van der Waals surface area contributed by atoms with Crippen LogP contribution in [-0.4, -0.2) is 36.2 Å². The first-order chi connectivity index (χ1) is 8.10. The molecule has 17 heavy (non-hydrogen) atoms. The maximum absolute atomic E-state index is 12.4.